The summed E-state index contributed by atoms with van der Waals surface area (Å²) in [6, 6.07) is -1.37. The van der Waals surface area contributed by atoms with Gasteiger partial charge in [0.25, 0.3) is 0 Å². The fraction of sp³-hybridized carbons (Fsp3) is 0.769. The van der Waals surface area contributed by atoms with Crippen LogP contribution in [0.25, 0.3) is 0 Å². The van der Waals surface area contributed by atoms with Gasteiger partial charge in [0, 0.05) is 20.6 Å². The summed E-state index contributed by atoms with van der Waals surface area (Å²) in [7, 11) is 3.19. The molecule has 0 aromatic heterocycles. The molecule has 0 aromatic rings. The zero-order valence-corrected chi connectivity index (χ0v) is 12.5. The molecule has 2 N–H and O–H groups in total. The molecule has 0 radical (unpaired) electrons. The van der Waals surface area contributed by atoms with Gasteiger partial charge in [0.1, 0.15) is 6.04 Å². The molecule has 7 heteroatoms. The Morgan fingerprint density at radius 3 is 2.45 bits per heavy atom. The lowest BCUT2D eigenvalue weighted by atomic mass is 9.76. The summed E-state index contributed by atoms with van der Waals surface area (Å²) in [4.78, 5) is 37.7. The summed E-state index contributed by atoms with van der Waals surface area (Å²) in [6.07, 6.45) is 1.51. The monoisotopic (exact) mass is 285 g/mol. The van der Waals surface area contributed by atoms with E-state index in [0.717, 1.165) is 12.8 Å². The van der Waals surface area contributed by atoms with Gasteiger partial charge in [-0.1, -0.05) is 13.8 Å². The van der Waals surface area contributed by atoms with Gasteiger partial charge in [-0.05, 0) is 18.3 Å². The van der Waals surface area contributed by atoms with E-state index in [-0.39, 0.29) is 12.5 Å². The molecular formula is C13H23N3O4. The molecule has 1 aliphatic heterocycles. The third kappa shape index (κ3) is 3.61. The summed E-state index contributed by atoms with van der Waals surface area (Å²) in [5, 5.41) is 11.9. The molecule has 1 fully saturated rings. The van der Waals surface area contributed by atoms with Crippen molar-refractivity contribution in [2.24, 2.45) is 5.41 Å². The number of carboxylic acid groups (broad SMARTS) is 1. The van der Waals surface area contributed by atoms with Crippen molar-refractivity contribution in [3.8, 4) is 0 Å². The van der Waals surface area contributed by atoms with Gasteiger partial charge >= 0.3 is 12.0 Å². The molecule has 20 heavy (non-hydrogen) atoms. The molecule has 0 aromatic carbocycles. The Labute approximate surface area is 118 Å². The lowest BCUT2D eigenvalue weighted by molar-refractivity contribution is -0.148. The molecule has 1 atom stereocenters. The average Bonchev–Trinajstić information content (AvgIpc) is 2.33. The minimum absolute atomic E-state index is 0.130. The van der Waals surface area contributed by atoms with E-state index in [1.165, 1.54) is 9.80 Å². The van der Waals surface area contributed by atoms with Gasteiger partial charge in [0.15, 0.2) is 0 Å². The number of carbonyl (C=O) groups is 3. The van der Waals surface area contributed by atoms with Gasteiger partial charge < -0.3 is 20.2 Å². The van der Waals surface area contributed by atoms with Crippen LogP contribution < -0.4 is 5.32 Å². The fourth-order valence-electron chi connectivity index (χ4n) is 2.49. The summed E-state index contributed by atoms with van der Waals surface area (Å²) < 4.78 is 0. The number of likely N-dealkylation sites (tertiary alicyclic amines) is 1. The van der Waals surface area contributed by atoms with Crippen LogP contribution in [0.1, 0.15) is 26.7 Å². The number of aliphatic carboxylic acids is 1. The third-order valence-electron chi connectivity index (χ3n) is 3.66. The molecular weight excluding hydrogens is 262 g/mol. The van der Waals surface area contributed by atoms with E-state index in [2.05, 4.69) is 5.32 Å². The first kappa shape index (κ1) is 16.3. The maximum Gasteiger partial charge on any atom is 0.327 e. The Bertz CT molecular complexity index is 406. The fourth-order valence-corrected chi connectivity index (χ4v) is 2.49. The zero-order valence-electron chi connectivity index (χ0n) is 12.5. The third-order valence-corrected chi connectivity index (χ3v) is 3.66. The van der Waals surface area contributed by atoms with Crippen LogP contribution in [-0.2, 0) is 9.59 Å². The van der Waals surface area contributed by atoms with Crippen LogP contribution >= 0.6 is 0 Å². The highest BCUT2D eigenvalue weighted by molar-refractivity contribution is 5.87. The smallest absolute Gasteiger partial charge is 0.327 e. The van der Waals surface area contributed by atoms with Gasteiger partial charge in [-0.2, -0.15) is 0 Å². The Morgan fingerprint density at radius 1 is 1.35 bits per heavy atom. The number of carbonyl (C=O) groups excluding carboxylic acids is 2. The number of likely N-dealkylation sites (N-methyl/N-ethyl adjacent to an activating group) is 1. The highest BCUT2D eigenvalue weighted by Gasteiger charge is 2.44. The van der Waals surface area contributed by atoms with Crippen LogP contribution in [0.2, 0.25) is 0 Å². The van der Waals surface area contributed by atoms with Crippen molar-refractivity contribution in [1.29, 1.82) is 0 Å². The quantitative estimate of drug-likeness (QED) is 0.783. The van der Waals surface area contributed by atoms with Crippen LogP contribution in [0.4, 0.5) is 4.79 Å². The van der Waals surface area contributed by atoms with Crippen molar-refractivity contribution < 1.29 is 19.5 Å². The normalized spacial score (nSPS) is 21.2. The standard InChI is InChI=1S/C13H23N3O4/c1-13(2)6-5-7-16(10(13)11(18)19)12(20)14-8-9(17)15(3)4/h10H,5-8H2,1-4H3,(H,14,20)(H,18,19). The number of amides is 3. The van der Waals surface area contributed by atoms with E-state index >= 15 is 0 Å². The lowest BCUT2D eigenvalue weighted by Crippen LogP contribution is -2.59. The second-order valence-electron chi connectivity index (χ2n) is 5.97. The van der Waals surface area contributed by atoms with Gasteiger partial charge in [0.2, 0.25) is 5.91 Å². The van der Waals surface area contributed by atoms with E-state index in [0.29, 0.717) is 6.54 Å². The van der Waals surface area contributed by atoms with Crippen LogP contribution in [0.5, 0.6) is 0 Å². The van der Waals surface area contributed by atoms with E-state index in [1.54, 1.807) is 14.1 Å². The van der Waals surface area contributed by atoms with Crippen molar-refractivity contribution in [2.45, 2.75) is 32.7 Å². The second-order valence-corrected chi connectivity index (χ2v) is 5.97. The number of hydrogen-bond acceptors (Lipinski definition) is 3. The van der Waals surface area contributed by atoms with Crippen LogP contribution in [0.3, 0.4) is 0 Å². The molecule has 1 saturated heterocycles. The van der Waals surface area contributed by atoms with E-state index in [4.69, 9.17) is 0 Å². The molecule has 0 spiro atoms. The Hall–Kier alpha value is -1.79. The lowest BCUT2D eigenvalue weighted by Gasteiger charge is -2.43. The number of urea groups is 1. The number of hydrogen-bond donors (Lipinski definition) is 2. The number of piperidine rings is 1. The Balaban J connectivity index is 2.74. The SMILES string of the molecule is CN(C)C(=O)CNC(=O)N1CCCC(C)(C)C1C(=O)O. The minimum atomic E-state index is -1.01. The Morgan fingerprint density at radius 2 is 1.95 bits per heavy atom. The van der Waals surface area contributed by atoms with Crippen molar-refractivity contribution in [3.05, 3.63) is 0 Å². The van der Waals surface area contributed by atoms with Crippen LogP contribution in [0, 0.1) is 5.41 Å². The number of nitrogens with one attached hydrogen (secondary N) is 1. The predicted octanol–water partition coefficient (Wildman–Crippen LogP) is 0.359. The number of nitrogens with zero attached hydrogens (tertiary/aromatic N) is 2. The van der Waals surface area contributed by atoms with Gasteiger partial charge in [-0.15, -0.1) is 0 Å². The maximum absolute atomic E-state index is 12.1. The second kappa shape index (κ2) is 6.11. The minimum Gasteiger partial charge on any atom is -0.480 e. The van der Waals surface area contributed by atoms with E-state index in [1.807, 2.05) is 13.8 Å². The predicted molar refractivity (Wildman–Crippen MR) is 73.2 cm³/mol. The van der Waals surface area contributed by atoms with Crippen molar-refractivity contribution in [3.63, 3.8) is 0 Å². The summed E-state index contributed by atoms with van der Waals surface area (Å²) >= 11 is 0. The molecule has 0 aliphatic carbocycles. The molecule has 7 nitrogen and oxygen atoms in total. The first-order valence-corrected chi connectivity index (χ1v) is 6.64. The van der Waals surface area contributed by atoms with Crippen molar-refractivity contribution >= 4 is 17.9 Å². The van der Waals surface area contributed by atoms with Gasteiger partial charge in [-0.25, -0.2) is 9.59 Å². The summed E-state index contributed by atoms with van der Waals surface area (Å²) in [5.74, 6) is -1.25. The summed E-state index contributed by atoms with van der Waals surface area (Å²) in [5.41, 5.74) is -0.479. The highest BCUT2D eigenvalue weighted by Crippen LogP contribution is 2.35. The van der Waals surface area contributed by atoms with E-state index < -0.39 is 23.5 Å². The zero-order chi connectivity index (χ0) is 15.5. The van der Waals surface area contributed by atoms with Crippen LogP contribution in [-0.4, -0.2) is 66.0 Å². The molecule has 1 unspecified atom stereocenters. The summed E-state index contributed by atoms with van der Waals surface area (Å²) in [6.45, 7) is 3.95. The molecule has 0 saturated carbocycles. The average molecular weight is 285 g/mol. The van der Waals surface area contributed by atoms with Crippen molar-refractivity contribution in [2.75, 3.05) is 27.2 Å². The number of carboxylic acids is 1. The first-order chi connectivity index (χ1) is 9.16. The Kier molecular flexibility index (Phi) is 4.97. The van der Waals surface area contributed by atoms with Crippen LogP contribution in [0.15, 0.2) is 0 Å². The number of rotatable bonds is 3. The van der Waals surface area contributed by atoms with Gasteiger partial charge in [0.05, 0.1) is 6.54 Å². The molecule has 1 aliphatic rings. The molecule has 1 heterocycles. The highest BCUT2D eigenvalue weighted by atomic mass is 16.4. The molecule has 0 bridgehead atoms. The van der Waals surface area contributed by atoms with Crippen molar-refractivity contribution in [1.82, 2.24) is 15.1 Å². The molecule has 1 rings (SSSR count). The topological polar surface area (TPSA) is 90.0 Å². The molecule has 3 amide bonds. The maximum atomic E-state index is 12.1. The largest absolute Gasteiger partial charge is 0.480 e. The van der Waals surface area contributed by atoms with E-state index in [9.17, 15) is 19.5 Å². The molecule has 114 valence electrons. The van der Waals surface area contributed by atoms with Gasteiger partial charge in [-0.3, -0.25) is 4.79 Å². The first-order valence-electron chi connectivity index (χ1n) is 6.64.